The Bertz CT molecular complexity index is 629. The van der Waals surface area contributed by atoms with Crippen molar-refractivity contribution in [3.63, 3.8) is 0 Å². The van der Waals surface area contributed by atoms with Crippen LogP contribution >= 0.6 is 15.9 Å². The average molecular weight is 329 g/mol. The molecule has 0 aliphatic carbocycles. The molecule has 2 rings (SSSR count). The Morgan fingerprint density at radius 2 is 2.32 bits per heavy atom. The Kier molecular flexibility index (Phi) is 3.79. The van der Waals surface area contributed by atoms with Gasteiger partial charge in [0.15, 0.2) is 0 Å². The van der Waals surface area contributed by atoms with E-state index in [1.165, 1.54) is 16.9 Å². The smallest absolute Gasteiger partial charge is 0.330 e. The molecule has 1 N–H and O–H groups in total. The highest BCUT2D eigenvalue weighted by Gasteiger charge is 2.18. The average Bonchev–Trinajstić information content (AvgIpc) is 2.72. The van der Waals surface area contributed by atoms with E-state index in [4.69, 9.17) is 0 Å². The molecule has 0 atom stereocenters. The standard InChI is InChI=1S/C11H10BrFN4O2/c1-16-6-10(17(18)19)11(15-16)14-5-7-4-8(12)2-3-9(7)13/h2-4,6H,5H2,1H3,(H,14,15). The Hall–Kier alpha value is -1.96. The first-order valence-electron chi connectivity index (χ1n) is 5.33. The quantitative estimate of drug-likeness (QED) is 0.691. The Morgan fingerprint density at radius 1 is 1.58 bits per heavy atom. The number of halogens is 2. The fourth-order valence-electron chi connectivity index (χ4n) is 1.59. The lowest BCUT2D eigenvalue weighted by atomic mass is 10.2. The van der Waals surface area contributed by atoms with Crippen molar-refractivity contribution in [3.05, 3.63) is 50.4 Å². The highest BCUT2D eigenvalue weighted by atomic mass is 79.9. The molecule has 0 fully saturated rings. The van der Waals surface area contributed by atoms with Crippen molar-refractivity contribution in [2.24, 2.45) is 7.05 Å². The molecule has 0 bridgehead atoms. The maximum absolute atomic E-state index is 13.5. The van der Waals surface area contributed by atoms with Gasteiger partial charge in [0.05, 0.1) is 4.92 Å². The summed E-state index contributed by atoms with van der Waals surface area (Å²) in [4.78, 5) is 10.3. The molecule has 8 heteroatoms. The van der Waals surface area contributed by atoms with Crippen LogP contribution in [0.4, 0.5) is 15.9 Å². The first kappa shape index (κ1) is 13.5. The zero-order valence-corrected chi connectivity index (χ0v) is 11.5. The first-order valence-corrected chi connectivity index (χ1v) is 6.12. The molecule has 1 aromatic heterocycles. The van der Waals surface area contributed by atoms with Crippen LogP contribution in [-0.2, 0) is 13.6 Å². The van der Waals surface area contributed by atoms with Crippen LogP contribution in [0.2, 0.25) is 0 Å². The molecule has 2 aromatic rings. The lowest BCUT2D eigenvalue weighted by molar-refractivity contribution is -0.384. The van der Waals surface area contributed by atoms with E-state index in [0.717, 1.165) is 4.47 Å². The summed E-state index contributed by atoms with van der Waals surface area (Å²) in [5, 5.41) is 17.5. The van der Waals surface area contributed by atoms with Gasteiger partial charge in [-0.1, -0.05) is 15.9 Å². The topological polar surface area (TPSA) is 73.0 Å². The van der Waals surface area contributed by atoms with Gasteiger partial charge in [-0.2, -0.15) is 0 Å². The first-order chi connectivity index (χ1) is 8.97. The predicted molar refractivity (Wildman–Crippen MR) is 71.3 cm³/mol. The van der Waals surface area contributed by atoms with Gasteiger partial charge in [-0.15, -0.1) is 5.10 Å². The van der Waals surface area contributed by atoms with Crippen LogP contribution in [0, 0.1) is 15.9 Å². The molecular weight excluding hydrogens is 319 g/mol. The maximum atomic E-state index is 13.5. The molecule has 0 saturated carbocycles. The highest BCUT2D eigenvalue weighted by Crippen LogP contribution is 2.23. The van der Waals surface area contributed by atoms with E-state index in [0.29, 0.717) is 5.56 Å². The number of nitro groups is 1. The zero-order valence-electron chi connectivity index (χ0n) is 9.93. The van der Waals surface area contributed by atoms with Crippen molar-refractivity contribution in [3.8, 4) is 0 Å². The van der Waals surface area contributed by atoms with Crippen molar-refractivity contribution in [2.75, 3.05) is 5.32 Å². The summed E-state index contributed by atoms with van der Waals surface area (Å²) in [6.45, 7) is 0.114. The number of hydrogen-bond donors (Lipinski definition) is 1. The number of nitrogens with zero attached hydrogens (tertiary/aromatic N) is 3. The number of benzene rings is 1. The molecule has 0 aliphatic heterocycles. The Balaban J connectivity index is 2.19. The predicted octanol–water partition coefficient (Wildman–Crippen LogP) is 2.84. The highest BCUT2D eigenvalue weighted by molar-refractivity contribution is 9.10. The number of anilines is 1. The molecule has 0 saturated heterocycles. The molecular formula is C11H10BrFN4O2. The second kappa shape index (κ2) is 5.35. The molecule has 0 aliphatic rings. The third-order valence-corrected chi connectivity index (χ3v) is 2.95. The SMILES string of the molecule is Cn1cc([N+](=O)[O-])c(NCc2cc(Br)ccc2F)n1. The molecule has 0 radical (unpaired) electrons. The summed E-state index contributed by atoms with van der Waals surface area (Å²) in [6, 6.07) is 4.52. The number of nitrogens with one attached hydrogen (secondary N) is 1. The van der Waals surface area contributed by atoms with E-state index in [9.17, 15) is 14.5 Å². The second-order valence-corrected chi connectivity index (χ2v) is 4.80. The van der Waals surface area contributed by atoms with E-state index in [1.54, 1.807) is 19.2 Å². The summed E-state index contributed by atoms with van der Waals surface area (Å²) in [7, 11) is 1.58. The van der Waals surface area contributed by atoms with E-state index in [2.05, 4.69) is 26.3 Å². The minimum Gasteiger partial charge on any atom is -0.359 e. The van der Waals surface area contributed by atoms with Crippen LogP contribution in [0.5, 0.6) is 0 Å². The van der Waals surface area contributed by atoms with Gasteiger partial charge >= 0.3 is 5.69 Å². The Labute approximate surface area is 116 Å². The van der Waals surface area contributed by atoms with Gasteiger partial charge in [-0.25, -0.2) is 4.39 Å². The van der Waals surface area contributed by atoms with Crippen molar-refractivity contribution < 1.29 is 9.31 Å². The summed E-state index contributed by atoms with van der Waals surface area (Å²) in [5.41, 5.74) is 0.257. The van der Waals surface area contributed by atoms with Crippen molar-refractivity contribution in [2.45, 2.75) is 6.54 Å². The third-order valence-electron chi connectivity index (χ3n) is 2.46. The fraction of sp³-hybridized carbons (Fsp3) is 0.182. The van der Waals surface area contributed by atoms with Gasteiger partial charge in [0.2, 0.25) is 5.82 Å². The lowest BCUT2D eigenvalue weighted by Crippen LogP contribution is -2.04. The molecule has 6 nitrogen and oxygen atoms in total. The van der Waals surface area contributed by atoms with Gasteiger partial charge in [0.25, 0.3) is 0 Å². The summed E-state index contributed by atoms with van der Waals surface area (Å²) in [5.74, 6) is -0.263. The minimum absolute atomic E-state index is 0.114. The van der Waals surface area contributed by atoms with Crippen molar-refractivity contribution >= 4 is 27.4 Å². The van der Waals surface area contributed by atoms with Crippen LogP contribution < -0.4 is 5.32 Å². The second-order valence-electron chi connectivity index (χ2n) is 3.88. The fourth-order valence-corrected chi connectivity index (χ4v) is 2.00. The van der Waals surface area contributed by atoms with Gasteiger partial charge in [0.1, 0.15) is 12.0 Å². The summed E-state index contributed by atoms with van der Waals surface area (Å²) < 4.78 is 15.6. The normalized spacial score (nSPS) is 10.5. The largest absolute Gasteiger partial charge is 0.359 e. The third kappa shape index (κ3) is 3.08. The van der Waals surface area contributed by atoms with Crippen LogP contribution in [-0.4, -0.2) is 14.7 Å². The van der Waals surface area contributed by atoms with Crippen LogP contribution in [0.25, 0.3) is 0 Å². The zero-order chi connectivity index (χ0) is 14.0. The van der Waals surface area contributed by atoms with Crippen LogP contribution in [0.3, 0.4) is 0 Å². The molecule has 0 spiro atoms. The number of rotatable bonds is 4. The van der Waals surface area contributed by atoms with Crippen molar-refractivity contribution in [1.29, 1.82) is 0 Å². The van der Waals surface area contributed by atoms with Gasteiger partial charge in [-0.3, -0.25) is 14.8 Å². The van der Waals surface area contributed by atoms with Crippen LogP contribution in [0.15, 0.2) is 28.9 Å². The number of aryl methyl sites for hydroxylation is 1. The molecule has 100 valence electrons. The van der Waals surface area contributed by atoms with Gasteiger partial charge < -0.3 is 5.32 Å². The monoisotopic (exact) mass is 328 g/mol. The summed E-state index contributed by atoms with van der Waals surface area (Å²) in [6.07, 6.45) is 1.29. The molecule has 19 heavy (non-hydrogen) atoms. The Morgan fingerprint density at radius 3 is 3.00 bits per heavy atom. The van der Waals surface area contributed by atoms with Crippen LogP contribution in [0.1, 0.15) is 5.56 Å². The molecule has 1 heterocycles. The van der Waals surface area contributed by atoms with Gasteiger partial charge in [-0.05, 0) is 18.2 Å². The van der Waals surface area contributed by atoms with E-state index in [-0.39, 0.29) is 23.9 Å². The lowest BCUT2D eigenvalue weighted by Gasteiger charge is -2.05. The van der Waals surface area contributed by atoms with E-state index < -0.39 is 4.92 Å². The molecule has 0 amide bonds. The molecule has 0 unspecified atom stereocenters. The number of hydrogen-bond acceptors (Lipinski definition) is 4. The minimum atomic E-state index is -0.535. The van der Waals surface area contributed by atoms with E-state index in [1.807, 2.05) is 0 Å². The maximum Gasteiger partial charge on any atom is 0.330 e. The number of aromatic nitrogens is 2. The summed E-state index contributed by atoms with van der Waals surface area (Å²) >= 11 is 3.24. The van der Waals surface area contributed by atoms with Crippen molar-refractivity contribution in [1.82, 2.24) is 9.78 Å². The van der Waals surface area contributed by atoms with E-state index >= 15 is 0 Å². The molecule has 1 aromatic carbocycles. The van der Waals surface area contributed by atoms with Gasteiger partial charge in [0, 0.05) is 23.6 Å².